The number of carbonyl (C=O) groups is 4. The minimum atomic E-state index is -1.14. The smallest absolute Gasteiger partial charge is 0.305 e. The lowest BCUT2D eigenvalue weighted by atomic mass is 10.0. The third-order valence-electron chi connectivity index (χ3n) is 7.87. The molecule has 5 rings (SSSR count). The van der Waals surface area contributed by atoms with E-state index >= 15 is 0 Å². The fraction of sp³-hybridized carbons (Fsp3) is 0.194. The van der Waals surface area contributed by atoms with Crippen LogP contribution in [0.15, 0.2) is 97.1 Å². The lowest BCUT2D eigenvalue weighted by Gasteiger charge is -2.37. The molecule has 1 unspecified atom stereocenters. The predicted molar refractivity (Wildman–Crippen MR) is 173 cm³/mol. The number of anilines is 2. The Kier molecular flexibility index (Phi) is 10.2. The first-order valence-electron chi connectivity index (χ1n) is 15.0. The van der Waals surface area contributed by atoms with E-state index in [4.69, 9.17) is 5.26 Å². The van der Waals surface area contributed by atoms with Gasteiger partial charge in [-0.3, -0.25) is 19.2 Å². The minimum absolute atomic E-state index is 0.106. The van der Waals surface area contributed by atoms with Crippen LogP contribution >= 0.6 is 0 Å². The van der Waals surface area contributed by atoms with Crippen molar-refractivity contribution >= 4 is 35.1 Å². The van der Waals surface area contributed by atoms with Gasteiger partial charge in [0.2, 0.25) is 5.91 Å². The molecule has 4 aromatic rings. The van der Waals surface area contributed by atoms with Gasteiger partial charge in [0.05, 0.1) is 41.9 Å². The summed E-state index contributed by atoms with van der Waals surface area (Å²) in [6, 6.07) is 26.9. The van der Waals surface area contributed by atoms with Crippen LogP contribution in [0.2, 0.25) is 0 Å². The van der Waals surface area contributed by atoms with Crippen LogP contribution in [0.25, 0.3) is 0 Å². The highest BCUT2D eigenvalue weighted by molar-refractivity contribution is 6.01. The average molecular weight is 634 g/mol. The van der Waals surface area contributed by atoms with E-state index in [1.54, 1.807) is 47.4 Å². The number of nitriles is 1. The summed E-state index contributed by atoms with van der Waals surface area (Å²) < 4.78 is 13.5. The summed E-state index contributed by atoms with van der Waals surface area (Å²) in [7, 11) is 0. The largest absolute Gasteiger partial charge is 0.481 e. The number of carboxylic acid groups (broad SMARTS) is 1. The second-order valence-corrected chi connectivity index (χ2v) is 11.1. The molecule has 0 bridgehead atoms. The van der Waals surface area contributed by atoms with Crippen molar-refractivity contribution in [3.8, 4) is 6.07 Å². The van der Waals surface area contributed by atoms with Gasteiger partial charge >= 0.3 is 5.97 Å². The molecule has 47 heavy (non-hydrogen) atoms. The second-order valence-electron chi connectivity index (χ2n) is 11.1. The molecule has 10 nitrogen and oxygen atoms in total. The lowest BCUT2D eigenvalue weighted by molar-refractivity contribution is -0.137. The monoisotopic (exact) mass is 633 g/mol. The first kappa shape index (κ1) is 32.4. The zero-order valence-electron chi connectivity index (χ0n) is 25.4. The standard InChI is InChI=1S/C36H32FN5O5/c37-29-13-10-26(11-14-29)30(22-34(44)45)40-35(46)28-12-15-32(31(21-28)39-33(43)20-24-4-2-1-3-5-24)41-16-18-42(19-17-41)36(47)27-8-6-25(23-38)7-9-27/h1-15,21,30H,16-20,22H2,(H,39,43)(H,40,46)(H,44,45). The maximum absolute atomic E-state index is 13.5. The third kappa shape index (κ3) is 8.38. The molecule has 0 saturated carbocycles. The van der Waals surface area contributed by atoms with Crippen LogP contribution in [0.4, 0.5) is 15.8 Å². The molecule has 1 aliphatic heterocycles. The molecule has 0 spiro atoms. The number of amides is 3. The Hall–Kier alpha value is -6.02. The van der Waals surface area contributed by atoms with Gasteiger partial charge < -0.3 is 25.5 Å². The summed E-state index contributed by atoms with van der Waals surface area (Å²) in [5.41, 5.74) is 3.45. The van der Waals surface area contributed by atoms with Crippen molar-refractivity contribution in [2.24, 2.45) is 0 Å². The highest BCUT2D eigenvalue weighted by atomic mass is 19.1. The summed E-state index contributed by atoms with van der Waals surface area (Å²) in [6.45, 7) is 1.74. The maximum Gasteiger partial charge on any atom is 0.305 e. The van der Waals surface area contributed by atoms with E-state index < -0.39 is 30.2 Å². The summed E-state index contributed by atoms with van der Waals surface area (Å²) in [6.07, 6.45) is -0.309. The first-order chi connectivity index (χ1) is 22.7. The number of halogens is 1. The number of hydrogen-bond donors (Lipinski definition) is 3. The van der Waals surface area contributed by atoms with Crippen molar-refractivity contribution in [2.75, 3.05) is 36.4 Å². The molecule has 0 aromatic heterocycles. The van der Waals surface area contributed by atoms with Gasteiger partial charge in [-0.1, -0.05) is 42.5 Å². The number of carboxylic acids is 1. The van der Waals surface area contributed by atoms with Crippen molar-refractivity contribution < 1.29 is 28.7 Å². The number of aliphatic carboxylic acids is 1. The molecule has 238 valence electrons. The highest BCUT2D eigenvalue weighted by Gasteiger charge is 2.26. The van der Waals surface area contributed by atoms with E-state index in [1.165, 1.54) is 24.3 Å². The van der Waals surface area contributed by atoms with Crippen molar-refractivity contribution in [3.05, 3.63) is 131 Å². The lowest BCUT2D eigenvalue weighted by Crippen LogP contribution is -2.49. The van der Waals surface area contributed by atoms with Crippen LogP contribution in [-0.2, 0) is 16.0 Å². The molecule has 11 heteroatoms. The summed E-state index contributed by atoms with van der Waals surface area (Å²) in [5.74, 6) is -2.63. The number of benzene rings is 4. The molecular weight excluding hydrogens is 601 g/mol. The van der Waals surface area contributed by atoms with Crippen LogP contribution in [0.5, 0.6) is 0 Å². The Bertz CT molecular complexity index is 1800. The number of piperazine rings is 1. The molecule has 0 aliphatic carbocycles. The van der Waals surface area contributed by atoms with Gasteiger partial charge in [-0.25, -0.2) is 4.39 Å². The number of carbonyl (C=O) groups excluding carboxylic acids is 3. The quantitative estimate of drug-likeness (QED) is 0.228. The minimum Gasteiger partial charge on any atom is -0.481 e. The zero-order chi connectivity index (χ0) is 33.3. The van der Waals surface area contributed by atoms with Crippen molar-refractivity contribution in [3.63, 3.8) is 0 Å². The molecule has 1 saturated heterocycles. The van der Waals surface area contributed by atoms with Crippen molar-refractivity contribution in [1.82, 2.24) is 10.2 Å². The first-order valence-corrected chi connectivity index (χ1v) is 15.0. The number of nitrogens with zero attached hydrogens (tertiary/aromatic N) is 3. The number of hydrogen-bond acceptors (Lipinski definition) is 6. The Morgan fingerprint density at radius 1 is 0.851 bits per heavy atom. The molecular formula is C36H32FN5O5. The Morgan fingerprint density at radius 3 is 2.15 bits per heavy atom. The Balaban J connectivity index is 1.36. The van der Waals surface area contributed by atoms with E-state index in [-0.39, 0.29) is 23.8 Å². The van der Waals surface area contributed by atoms with Crippen LogP contribution in [-0.4, -0.2) is 59.9 Å². The molecule has 3 amide bonds. The maximum atomic E-state index is 13.5. The fourth-order valence-electron chi connectivity index (χ4n) is 5.41. The van der Waals surface area contributed by atoms with Crippen LogP contribution in [0.1, 0.15) is 49.9 Å². The molecule has 1 atom stereocenters. The molecule has 1 heterocycles. The Labute approximate surface area is 271 Å². The molecule has 3 N–H and O–H groups in total. The van der Waals surface area contributed by atoms with E-state index in [1.807, 2.05) is 41.3 Å². The number of nitrogens with one attached hydrogen (secondary N) is 2. The van der Waals surface area contributed by atoms with Crippen molar-refractivity contribution in [2.45, 2.75) is 18.9 Å². The van der Waals surface area contributed by atoms with Crippen molar-refractivity contribution in [1.29, 1.82) is 5.26 Å². The van der Waals surface area contributed by atoms with E-state index in [0.29, 0.717) is 54.2 Å². The second kappa shape index (κ2) is 14.8. The van der Waals surface area contributed by atoms with Gasteiger partial charge in [0.1, 0.15) is 5.82 Å². The van der Waals surface area contributed by atoms with Gasteiger partial charge in [-0.15, -0.1) is 0 Å². The van der Waals surface area contributed by atoms with Gasteiger partial charge in [-0.2, -0.15) is 5.26 Å². The van der Waals surface area contributed by atoms with Gasteiger partial charge in [0.15, 0.2) is 0 Å². The van der Waals surface area contributed by atoms with Crippen LogP contribution in [0, 0.1) is 17.1 Å². The summed E-state index contributed by atoms with van der Waals surface area (Å²) in [4.78, 5) is 55.0. The molecule has 1 fully saturated rings. The van der Waals surface area contributed by atoms with E-state index in [0.717, 1.165) is 5.56 Å². The van der Waals surface area contributed by atoms with Gasteiger partial charge in [0.25, 0.3) is 11.8 Å². The topological polar surface area (TPSA) is 143 Å². The van der Waals surface area contributed by atoms with Crippen LogP contribution < -0.4 is 15.5 Å². The van der Waals surface area contributed by atoms with Gasteiger partial charge in [0, 0.05) is 37.3 Å². The average Bonchev–Trinajstić information content (AvgIpc) is 3.08. The SMILES string of the molecule is N#Cc1ccc(C(=O)N2CCN(c3ccc(C(=O)NC(CC(=O)O)c4ccc(F)cc4)cc3NC(=O)Cc3ccccc3)CC2)cc1. The summed E-state index contributed by atoms with van der Waals surface area (Å²) >= 11 is 0. The molecule has 1 aliphatic rings. The summed E-state index contributed by atoms with van der Waals surface area (Å²) in [5, 5.41) is 24.2. The van der Waals surface area contributed by atoms with E-state index in [9.17, 15) is 28.7 Å². The fourth-order valence-corrected chi connectivity index (χ4v) is 5.41. The van der Waals surface area contributed by atoms with E-state index in [2.05, 4.69) is 10.6 Å². The zero-order valence-corrected chi connectivity index (χ0v) is 25.4. The predicted octanol–water partition coefficient (Wildman–Crippen LogP) is 4.79. The number of rotatable bonds is 10. The van der Waals surface area contributed by atoms with Gasteiger partial charge in [-0.05, 0) is 65.7 Å². The molecule has 4 aromatic carbocycles. The third-order valence-corrected chi connectivity index (χ3v) is 7.87. The van der Waals surface area contributed by atoms with Crippen LogP contribution in [0.3, 0.4) is 0 Å². The molecule has 0 radical (unpaired) electrons. The normalized spacial score (nSPS) is 13.3. The Morgan fingerprint density at radius 2 is 1.51 bits per heavy atom. The highest BCUT2D eigenvalue weighted by Crippen LogP contribution is 2.30.